The predicted molar refractivity (Wildman–Crippen MR) is 65.2 cm³/mol. The number of nitrogens with two attached hydrogens (primary N) is 1. The summed E-state index contributed by atoms with van der Waals surface area (Å²) in [5.41, 5.74) is 3.47. The van der Waals surface area contributed by atoms with Crippen molar-refractivity contribution < 1.29 is 15.3 Å². The third kappa shape index (κ3) is 2.07. The minimum atomic E-state index is -0.562. The van der Waals surface area contributed by atoms with E-state index in [1.54, 1.807) is 0 Å². The molecule has 2 rings (SSSR count). The van der Waals surface area contributed by atoms with Crippen LogP contribution in [0.3, 0.4) is 0 Å². The topological polar surface area (TPSA) is 123 Å². The Balaban J connectivity index is 2.36. The predicted octanol–water partition coefficient (Wildman–Crippen LogP) is 0.0736. The highest BCUT2D eigenvalue weighted by molar-refractivity contribution is 8.14. The van der Waals surface area contributed by atoms with Gasteiger partial charge in [-0.2, -0.15) is 10.2 Å². The second-order valence-electron chi connectivity index (χ2n) is 3.22. The fraction of sp³-hybridized carbons (Fsp3) is 0.111. The number of aromatic hydroxyl groups is 3. The number of hydrogen-bond acceptors (Lipinski definition) is 7. The lowest BCUT2D eigenvalue weighted by atomic mass is 10.1. The Hall–Kier alpha value is -2.09. The van der Waals surface area contributed by atoms with Gasteiger partial charge >= 0.3 is 0 Å². The molecule has 0 radical (unpaired) electrons. The molecular weight excluding hydrogens is 244 g/mol. The van der Waals surface area contributed by atoms with E-state index in [4.69, 9.17) is 5.84 Å². The molecule has 0 unspecified atom stereocenters. The molecule has 0 saturated heterocycles. The molecular formula is C9H10N4O3S. The van der Waals surface area contributed by atoms with Gasteiger partial charge in [-0.05, 0) is 12.1 Å². The van der Waals surface area contributed by atoms with E-state index in [-0.39, 0.29) is 5.75 Å². The number of phenolic OH excluding ortho intramolecular Hbond substituents is 3. The van der Waals surface area contributed by atoms with Crippen LogP contribution in [-0.2, 0) is 0 Å². The minimum absolute atomic E-state index is 0.344. The zero-order valence-electron chi connectivity index (χ0n) is 8.58. The van der Waals surface area contributed by atoms with Crippen LogP contribution in [0, 0.1) is 0 Å². The van der Waals surface area contributed by atoms with Gasteiger partial charge in [0.15, 0.2) is 11.5 Å². The lowest BCUT2D eigenvalue weighted by Crippen LogP contribution is -2.26. The summed E-state index contributed by atoms with van der Waals surface area (Å²) in [6.07, 6.45) is 0. The van der Waals surface area contributed by atoms with Gasteiger partial charge < -0.3 is 21.2 Å². The second kappa shape index (κ2) is 4.42. The molecule has 7 nitrogen and oxygen atoms in total. The van der Waals surface area contributed by atoms with E-state index in [0.717, 1.165) is 0 Å². The molecule has 1 aromatic rings. The smallest absolute Gasteiger partial charge is 0.200 e. The van der Waals surface area contributed by atoms with E-state index < -0.39 is 11.5 Å². The first kappa shape index (κ1) is 11.4. The largest absolute Gasteiger partial charge is 0.504 e. The number of rotatable bonds is 1. The highest BCUT2D eigenvalue weighted by Crippen LogP contribution is 2.37. The van der Waals surface area contributed by atoms with E-state index in [9.17, 15) is 15.3 Å². The van der Waals surface area contributed by atoms with E-state index >= 15 is 0 Å². The van der Waals surface area contributed by atoms with Crippen molar-refractivity contribution in [1.29, 1.82) is 0 Å². The molecule has 0 spiro atoms. The number of hydrazone groups is 2. The molecule has 1 heterocycles. The van der Waals surface area contributed by atoms with Crippen LogP contribution >= 0.6 is 11.8 Å². The third-order valence-corrected chi connectivity index (χ3v) is 3.08. The zero-order valence-corrected chi connectivity index (χ0v) is 9.40. The van der Waals surface area contributed by atoms with E-state index in [0.29, 0.717) is 22.2 Å². The van der Waals surface area contributed by atoms with E-state index in [1.807, 2.05) is 0 Å². The Labute approximate surface area is 101 Å². The van der Waals surface area contributed by atoms with Crippen molar-refractivity contribution in [2.75, 3.05) is 5.75 Å². The van der Waals surface area contributed by atoms with Gasteiger partial charge in [-0.3, -0.25) is 5.43 Å². The van der Waals surface area contributed by atoms with Gasteiger partial charge in [-0.15, -0.1) is 0 Å². The average molecular weight is 254 g/mol. The van der Waals surface area contributed by atoms with Crippen LogP contribution in [0.1, 0.15) is 5.56 Å². The van der Waals surface area contributed by atoms with Gasteiger partial charge in [0.2, 0.25) is 10.9 Å². The van der Waals surface area contributed by atoms with Crippen molar-refractivity contribution in [3.05, 3.63) is 17.7 Å². The monoisotopic (exact) mass is 254 g/mol. The van der Waals surface area contributed by atoms with Crippen molar-refractivity contribution in [2.45, 2.75) is 0 Å². The summed E-state index contributed by atoms with van der Waals surface area (Å²) in [4.78, 5) is 0. The van der Waals surface area contributed by atoms with Gasteiger partial charge in [0.25, 0.3) is 0 Å². The summed E-state index contributed by atoms with van der Waals surface area (Å²) in [5.74, 6) is 4.17. The van der Waals surface area contributed by atoms with Crippen LogP contribution in [0.2, 0.25) is 0 Å². The molecule has 1 aliphatic rings. The Kier molecular flexibility index (Phi) is 2.96. The first-order valence-electron chi connectivity index (χ1n) is 4.61. The SMILES string of the molecule is N/N=C1/NN=C(c2ccc(O)c(O)c2O)CS1. The molecule has 0 amide bonds. The lowest BCUT2D eigenvalue weighted by Gasteiger charge is -2.15. The lowest BCUT2D eigenvalue weighted by molar-refractivity contribution is 0.367. The molecule has 0 bridgehead atoms. The van der Waals surface area contributed by atoms with Crippen molar-refractivity contribution in [3.63, 3.8) is 0 Å². The standard InChI is InChI=1S/C9H10N4O3S/c10-11-9-13-12-5(3-17-9)4-1-2-6(14)8(16)7(4)15/h1-2,14-16H,3,10H2,(H,11,13). The van der Waals surface area contributed by atoms with Crippen LogP contribution in [0.4, 0.5) is 0 Å². The van der Waals surface area contributed by atoms with Gasteiger partial charge in [0, 0.05) is 11.3 Å². The number of nitrogens with zero attached hydrogens (tertiary/aromatic N) is 2. The Bertz CT molecular complexity index is 515. The minimum Gasteiger partial charge on any atom is -0.504 e. The van der Waals surface area contributed by atoms with Crippen LogP contribution in [0.25, 0.3) is 0 Å². The Morgan fingerprint density at radius 2 is 2.06 bits per heavy atom. The van der Waals surface area contributed by atoms with Gasteiger partial charge in [0.05, 0.1) is 5.71 Å². The van der Waals surface area contributed by atoms with Crippen molar-refractivity contribution in [3.8, 4) is 17.2 Å². The normalized spacial score (nSPS) is 17.6. The molecule has 1 aliphatic heterocycles. The molecule has 90 valence electrons. The summed E-state index contributed by atoms with van der Waals surface area (Å²) in [6.45, 7) is 0. The van der Waals surface area contributed by atoms with E-state index in [1.165, 1.54) is 23.9 Å². The van der Waals surface area contributed by atoms with Crippen molar-refractivity contribution >= 4 is 22.6 Å². The first-order chi connectivity index (χ1) is 8.13. The number of benzene rings is 1. The molecule has 6 N–H and O–H groups in total. The molecule has 17 heavy (non-hydrogen) atoms. The first-order valence-corrected chi connectivity index (χ1v) is 5.59. The molecule has 8 heteroatoms. The Morgan fingerprint density at radius 3 is 2.65 bits per heavy atom. The van der Waals surface area contributed by atoms with Crippen molar-refractivity contribution in [2.24, 2.45) is 16.0 Å². The van der Waals surface area contributed by atoms with Crippen LogP contribution in [-0.4, -0.2) is 32.0 Å². The molecule has 0 saturated carbocycles. The zero-order chi connectivity index (χ0) is 12.4. The summed E-state index contributed by atoms with van der Waals surface area (Å²) < 4.78 is 0. The van der Waals surface area contributed by atoms with Gasteiger partial charge in [-0.1, -0.05) is 11.8 Å². The third-order valence-electron chi connectivity index (χ3n) is 2.19. The fourth-order valence-corrected chi connectivity index (χ4v) is 2.00. The van der Waals surface area contributed by atoms with Gasteiger partial charge in [0.1, 0.15) is 0 Å². The number of amidine groups is 1. The van der Waals surface area contributed by atoms with E-state index in [2.05, 4.69) is 15.6 Å². The quantitative estimate of drug-likeness (QED) is 0.274. The number of nitrogens with one attached hydrogen (secondary N) is 1. The summed E-state index contributed by atoms with van der Waals surface area (Å²) in [6, 6.07) is 2.75. The summed E-state index contributed by atoms with van der Waals surface area (Å²) in [7, 11) is 0. The van der Waals surface area contributed by atoms with Crippen LogP contribution in [0.5, 0.6) is 17.2 Å². The fourth-order valence-electron chi connectivity index (χ4n) is 1.32. The van der Waals surface area contributed by atoms with Crippen LogP contribution < -0.4 is 11.3 Å². The molecule has 0 aliphatic carbocycles. The average Bonchev–Trinajstić information content (AvgIpc) is 2.36. The summed E-state index contributed by atoms with van der Waals surface area (Å²) >= 11 is 1.31. The maximum Gasteiger partial charge on any atom is 0.200 e. The number of thioether (sulfide) groups is 1. The number of hydrogen-bond donors (Lipinski definition) is 5. The summed E-state index contributed by atoms with van der Waals surface area (Å²) in [5, 5.41) is 36.1. The van der Waals surface area contributed by atoms with Crippen LogP contribution in [0.15, 0.2) is 22.3 Å². The molecule has 1 aromatic carbocycles. The molecule has 0 aromatic heterocycles. The molecule has 0 atom stereocenters. The molecule has 0 fully saturated rings. The second-order valence-corrected chi connectivity index (χ2v) is 4.19. The number of phenols is 3. The highest BCUT2D eigenvalue weighted by atomic mass is 32.2. The van der Waals surface area contributed by atoms with Gasteiger partial charge in [-0.25, -0.2) is 0 Å². The maximum atomic E-state index is 9.67. The van der Waals surface area contributed by atoms with Crippen molar-refractivity contribution in [1.82, 2.24) is 5.43 Å². The highest BCUT2D eigenvalue weighted by Gasteiger charge is 2.19. The Morgan fingerprint density at radius 1 is 1.29 bits per heavy atom. The maximum absolute atomic E-state index is 9.67.